The normalized spacial score (nSPS) is 10.4. The van der Waals surface area contributed by atoms with E-state index in [0.717, 1.165) is 22.4 Å². The first-order valence-corrected chi connectivity index (χ1v) is 7.16. The Morgan fingerprint density at radius 2 is 1.85 bits per heavy atom. The van der Waals surface area contributed by atoms with E-state index in [1.807, 2.05) is 24.0 Å². The Balaban J connectivity index is 2.41. The summed E-state index contributed by atoms with van der Waals surface area (Å²) in [6, 6.07) is 11.9. The standard InChI is InChI=1S/C16H15BrFNO/c1-3-19(14-7-5-13(18)6-8-14)16-9-4-12(11(2)20)10-15(16)17/h4-10H,3H2,1-2H3. The van der Waals surface area contributed by atoms with Crippen LogP contribution in [0.5, 0.6) is 0 Å². The topological polar surface area (TPSA) is 20.3 Å². The van der Waals surface area contributed by atoms with Crippen LogP contribution in [0.15, 0.2) is 46.9 Å². The fraction of sp³-hybridized carbons (Fsp3) is 0.188. The van der Waals surface area contributed by atoms with Gasteiger partial charge < -0.3 is 4.90 Å². The van der Waals surface area contributed by atoms with Crippen molar-refractivity contribution in [3.05, 3.63) is 58.3 Å². The Morgan fingerprint density at radius 3 is 2.35 bits per heavy atom. The Kier molecular flexibility index (Phi) is 4.55. The van der Waals surface area contributed by atoms with Crippen molar-refractivity contribution in [2.75, 3.05) is 11.4 Å². The van der Waals surface area contributed by atoms with E-state index in [1.54, 1.807) is 25.1 Å². The molecule has 0 aromatic heterocycles. The average Bonchev–Trinajstić information content (AvgIpc) is 2.43. The van der Waals surface area contributed by atoms with Gasteiger partial charge in [-0.25, -0.2) is 4.39 Å². The lowest BCUT2D eigenvalue weighted by atomic mass is 10.1. The highest BCUT2D eigenvalue weighted by molar-refractivity contribution is 9.10. The summed E-state index contributed by atoms with van der Waals surface area (Å²) in [7, 11) is 0. The van der Waals surface area contributed by atoms with Crippen molar-refractivity contribution in [1.82, 2.24) is 0 Å². The van der Waals surface area contributed by atoms with Crippen molar-refractivity contribution in [3.8, 4) is 0 Å². The van der Waals surface area contributed by atoms with Gasteiger partial charge in [0.2, 0.25) is 0 Å². The van der Waals surface area contributed by atoms with Gasteiger partial charge in [0.15, 0.2) is 5.78 Å². The second kappa shape index (κ2) is 6.18. The maximum absolute atomic E-state index is 13.0. The number of carbonyl (C=O) groups is 1. The Bertz CT molecular complexity index is 625. The number of hydrogen-bond acceptors (Lipinski definition) is 2. The van der Waals surface area contributed by atoms with Crippen LogP contribution in [0.3, 0.4) is 0 Å². The Morgan fingerprint density at radius 1 is 1.20 bits per heavy atom. The number of carbonyl (C=O) groups excluding carboxylic acids is 1. The van der Waals surface area contributed by atoms with Crippen LogP contribution in [0.4, 0.5) is 15.8 Å². The maximum Gasteiger partial charge on any atom is 0.159 e. The lowest BCUT2D eigenvalue weighted by Crippen LogP contribution is -2.16. The van der Waals surface area contributed by atoms with Gasteiger partial charge in [0.25, 0.3) is 0 Å². The van der Waals surface area contributed by atoms with Gasteiger partial charge in [0.05, 0.1) is 5.69 Å². The van der Waals surface area contributed by atoms with Crippen molar-refractivity contribution < 1.29 is 9.18 Å². The molecule has 20 heavy (non-hydrogen) atoms. The molecule has 0 spiro atoms. The van der Waals surface area contributed by atoms with Crippen LogP contribution >= 0.6 is 15.9 Å². The van der Waals surface area contributed by atoms with Crippen LogP contribution in [0.1, 0.15) is 24.2 Å². The lowest BCUT2D eigenvalue weighted by molar-refractivity contribution is 0.101. The SMILES string of the molecule is CCN(c1ccc(F)cc1)c1ccc(C(C)=O)cc1Br. The number of ketones is 1. The molecule has 2 aromatic rings. The molecule has 0 bridgehead atoms. The van der Waals surface area contributed by atoms with Gasteiger partial charge in [-0.2, -0.15) is 0 Å². The summed E-state index contributed by atoms with van der Waals surface area (Å²) in [6.45, 7) is 4.30. The zero-order valence-corrected chi connectivity index (χ0v) is 12.9. The molecule has 0 saturated heterocycles. The molecule has 0 saturated carbocycles. The molecule has 2 rings (SSSR count). The predicted octanol–water partition coefficient (Wildman–Crippen LogP) is 4.95. The number of anilines is 2. The second-order valence-corrected chi connectivity index (χ2v) is 5.30. The molecule has 0 amide bonds. The van der Waals surface area contributed by atoms with E-state index in [4.69, 9.17) is 0 Å². The van der Waals surface area contributed by atoms with Gasteiger partial charge in [0, 0.05) is 22.3 Å². The van der Waals surface area contributed by atoms with Crippen molar-refractivity contribution in [2.45, 2.75) is 13.8 Å². The fourth-order valence-corrected chi connectivity index (χ4v) is 2.65. The van der Waals surface area contributed by atoms with Crippen molar-refractivity contribution in [3.63, 3.8) is 0 Å². The van der Waals surface area contributed by atoms with E-state index < -0.39 is 0 Å². The minimum atomic E-state index is -0.254. The molecule has 0 heterocycles. The minimum absolute atomic E-state index is 0.0297. The van der Waals surface area contributed by atoms with Crippen molar-refractivity contribution >= 4 is 33.1 Å². The first-order chi connectivity index (χ1) is 9.52. The fourth-order valence-electron chi connectivity index (χ4n) is 2.06. The van der Waals surface area contributed by atoms with Gasteiger partial charge in [-0.05, 0) is 72.2 Å². The number of rotatable bonds is 4. The molecule has 104 valence electrons. The third-order valence-corrected chi connectivity index (χ3v) is 3.73. The molecule has 2 aromatic carbocycles. The minimum Gasteiger partial charge on any atom is -0.341 e. The smallest absolute Gasteiger partial charge is 0.159 e. The summed E-state index contributed by atoms with van der Waals surface area (Å²) in [6.07, 6.45) is 0. The maximum atomic E-state index is 13.0. The molecule has 0 fully saturated rings. The van der Waals surface area contributed by atoms with E-state index in [0.29, 0.717) is 5.56 Å². The monoisotopic (exact) mass is 335 g/mol. The third kappa shape index (κ3) is 3.07. The molecule has 0 aliphatic rings. The first kappa shape index (κ1) is 14.7. The molecule has 0 unspecified atom stereocenters. The predicted molar refractivity (Wildman–Crippen MR) is 83.2 cm³/mol. The third-order valence-electron chi connectivity index (χ3n) is 3.10. The van der Waals surface area contributed by atoms with Crippen LogP contribution in [-0.2, 0) is 0 Å². The highest BCUT2D eigenvalue weighted by Crippen LogP contribution is 2.32. The van der Waals surface area contributed by atoms with E-state index in [-0.39, 0.29) is 11.6 Å². The molecule has 0 atom stereocenters. The summed E-state index contributed by atoms with van der Waals surface area (Å²) in [5.74, 6) is -0.224. The van der Waals surface area contributed by atoms with Crippen molar-refractivity contribution in [1.29, 1.82) is 0 Å². The number of nitrogens with zero attached hydrogens (tertiary/aromatic N) is 1. The molecule has 4 heteroatoms. The summed E-state index contributed by atoms with van der Waals surface area (Å²) < 4.78 is 13.9. The Labute approximate surface area is 126 Å². The van der Waals surface area contributed by atoms with E-state index >= 15 is 0 Å². The van der Waals surface area contributed by atoms with Gasteiger partial charge in [-0.1, -0.05) is 0 Å². The molecule has 0 aliphatic carbocycles. The highest BCUT2D eigenvalue weighted by atomic mass is 79.9. The average molecular weight is 336 g/mol. The molecule has 0 aliphatic heterocycles. The van der Waals surface area contributed by atoms with Crippen LogP contribution in [0.25, 0.3) is 0 Å². The number of benzene rings is 2. The van der Waals surface area contributed by atoms with Crippen LogP contribution < -0.4 is 4.90 Å². The number of Topliss-reactive ketones (excluding diaryl/α,β-unsaturated/α-hetero) is 1. The summed E-state index contributed by atoms with van der Waals surface area (Å²) in [5.41, 5.74) is 2.52. The number of hydrogen-bond donors (Lipinski definition) is 0. The molecule has 0 N–H and O–H groups in total. The van der Waals surface area contributed by atoms with E-state index in [9.17, 15) is 9.18 Å². The largest absolute Gasteiger partial charge is 0.341 e. The summed E-state index contributed by atoms with van der Waals surface area (Å²) >= 11 is 3.50. The van der Waals surface area contributed by atoms with E-state index in [1.165, 1.54) is 12.1 Å². The lowest BCUT2D eigenvalue weighted by Gasteiger charge is -2.24. The zero-order chi connectivity index (χ0) is 14.7. The van der Waals surface area contributed by atoms with Gasteiger partial charge >= 0.3 is 0 Å². The van der Waals surface area contributed by atoms with Gasteiger partial charge in [-0.15, -0.1) is 0 Å². The molecular weight excluding hydrogens is 321 g/mol. The van der Waals surface area contributed by atoms with Crippen molar-refractivity contribution in [2.24, 2.45) is 0 Å². The number of halogens is 2. The van der Waals surface area contributed by atoms with Gasteiger partial charge in [0.1, 0.15) is 5.82 Å². The molecule has 0 radical (unpaired) electrons. The van der Waals surface area contributed by atoms with Gasteiger partial charge in [-0.3, -0.25) is 4.79 Å². The van der Waals surface area contributed by atoms with Crippen LogP contribution in [-0.4, -0.2) is 12.3 Å². The van der Waals surface area contributed by atoms with Crippen LogP contribution in [0, 0.1) is 5.82 Å². The highest BCUT2D eigenvalue weighted by Gasteiger charge is 2.12. The second-order valence-electron chi connectivity index (χ2n) is 4.44. The zero-order valence-electron chi connectivity index (χ0n) is 11.4. The van der Waals surface area contributed by atoms with Crippen LogP contribution in [0.2, 0.25) is 0 Å². The summed E-state index contributed by atoms with van der Waals surface area (Å²) in [5, 5.41) is 0. The molecule has 2 nitrogen and oxygen atoms in total. The summed E-state index contributed by atoms with van der Waals surface area (Å²) in [4.78, 5) is 13.4. The molecular formula is C16H15BrFNO. The Hall–Kier alpha value is -1.68. The first-order valence-electron chi connectivity index (χ1n) is 6.36. The quantitative estimate of drug-likeness (QED) is 0.737. The van der Waals surface area contributed by atoms with E-state index in [2.05, 4.69) is 15.9 Å².